The third-order valence-corrected chi connectivity index (χ3v) is 5.51. The van der Waals surface area contributed by atoms with Gasteiger partial charge >= 0.3 is 0 Å². The van der Waals surface area contributed by atoms with Crippen LogP contribution in [-0.2, 0) is 12.8 Å². The number of benzene rings is 1. The van der Waals surface area contributed by atoms with E-state index >= 15 is 0 Å². The van der Waals surface area contributed by atoms with Gasteiger partial charge in [0.1, 0.15) is 6.33 Å². The molecule has 0 aliphatic heterocycles. The van der Waals surface area contributed by atoms with Gasteiger partial charge in [-0.05, 0) is 65.4 Å². The van der Waals surface area contributed by atoms with Crippen molar-refractivity contribution in [1.29, 1.82) is 0 Å². The number of amides is 1. The van der Waals surface area contributed by atoms with Crippen molar-refractivity contribution < 1.29 is 4.79 Å². The van der Waals surface area contributed by atoms with E-state index in [1.807, 2.05) is 24.3 Å². The number of hydrogen-bond donors (Lipinski definition) is 1. The summed E-state index contributed by atoms with van der Waals surface area (Å²) in [6.45, 7) is 2.27. The first-order valence-corrected chi connectivity index (χ1v) is 8.77. The molecule has 2 aromatic heterocycles. The number of thiophene rings is 1. The van der Waals surface area contributed by atoms with Crippen molar-refractivity contribution in [3.63, 3.8) is 0 Å². The second-order valence-electron chi connectivity index (χ2n) is 6.17. The van der Waals surface area contributed by atoms with E-state index in [4.69, 9.17) is 0 Å². The molecular weight excluding hydrogens is 322 g/mol. The van der Waals surface area contributed by atoms with Crippen LogP contribution in [0.25, 0.3) is 5.69 Å². The zero-order valence-electron chi connectivity index (χ0n) is 13.3. The standard InChI is InChI=1S/C17H17N5OS/c1-11-5-6-15-12(7-11)8-16(24-15)17(23)19-13-3-2-4-14(9-13)22-10-18-20-21-22/h2-4,8-11H,5-7H2,1H3,(H,19,23). The highest BCUT2D eigenvalue weighted by molar-refractivity contribution is 7.14. The first-order valence-electron chi connectivity index (χ1n) is 7.95. The third kappa shape index (κ3) is 2.94. The molecule has 0 radical (unpaired) electrons. The molecule has 1 unspecified atom stereocenters. The Morgan fingerprint density at radius 3 is 3.12 bits per heavy atom. The fraction of sp³-hybridized carbons (Fsp3) is 0.294. The molecule has 7 heteroatoms. The van der Waals surface area contributed by atoms with Crippen LogP contribution < -0.4 is 5.32 Å². The third-order valence-electron chi connectivity index (χ3n) is 4.27. The fourth-order valence-corrected chi connectivity index (χ4v) is 4.12. The van der Waals surface area contributed by atoms with E-state index in [0.717, 1.165) is 29.1 Å². The van der Waals surface area contributed by atoms with Crippen molar-refractivity contribution >= 4 is 22.9 Å². The predicted molar refractivity (Wildman–Crippen MR) is 92.6 cm³/mol. The SMILES string of the molecule is CC1CCc2sc(C(=O)Nc3cccc(-n4cnnn4)c3)cc2C1. The molecular formula is C17H17N5OS. The lowest BCUT2D eigenvalue weighted by Gasteiger charge is -2.16. The van der Waals surface area contributed by atoms with E-state index in [9.17, 15) is 4.79 Å². The van der Waals surface area contributed by atoms with Gasteiger partial charge in [0.25, 0.3) is 5.91 Å². The summed E-state index contributed by atoms with van der Waals surface area (Å²) in [6.07, 6.45) is 4.90. The van der Waals surface area contributed by atoms with Crippen LogP contribution >= 0.6 is 11.3 Å². The Kier molecular flexibility index (Phi) is 3.86. The number of rotatable bonds is 3. The molecule has 1 atom stereocenters. The summed E-state index contributed by atoms with van der Waals surface area (Å²) in [4.78, 5) is 14.7. The molecule has 1 aliphatic carbocycles. The molecule has 1 aliphatic rings. The molecule has 122 valence electrons. The maximum atomic E-state index is 12.6. The summed E-state index contributed by atoms with van der Waals surface area (Å²) in [5.74, 6) is 0.645. The summed E-state index contributed by atoms with van der Waals surface area (Å²) in [7, 11) is 0. The number of nitrogens with one attached hydrogen (secondary N) is 1. The van der Waals surface area contributed by atoms with Gasteiger partial charge in [-0.15, -0.1) is 16.4 Å². The average molecular weight is 339 g/mol. The number of carbonyl (C=O) groups is 1. The molecule has 1 N–H and O–H groups in total. The average Bonchev–Trinajstić information content (AvgIpc) is 3.24. The Morgan fingerprint density at radius 1 is 1.38 bits per heavy atom. The lowest BCUT2D eigenvalue weighted by Crippen LogP contribution is -2.10. The van der Waals surface area contributed by atoms with Crippen LogP contribution in [0.3, 0.4) is 0 Å². The van der Waals surface area contributed by atoms with Gasteiger partial charge in [-0.1, -0.05) is 13.0 Å². The van der Waals surface area contributed by atoms with Crippen molar-refractivity contribution in [2.45, 2.75) is 26.2 Å². The summed E-state index contributed by atoms with van der Waals surface area (Å²) >= 11 is 1.62. The zero-order valence-corrected chi connectivity index (χ0v) is 14.1. The molecule has 3 aromatic rings. The maximum absolute atomic E-state index is 12.6. The number of carbonyl (C=O) groups excluding carboxylic acids is 1. The van der Waals surface area contributed by atoms with Crippen molar-refractivity contribution in [2.75, 3.05) is 5.32 Å². The highest BCUT2D eigenvalue weighted by Gasteiger charge is 2.20. The van der Waals surface area contributed by atoms with E-state index in [1.54, 1.807) is 16.0 Å². The van der Waals surface area contributed by atoms with Gasteiger partial charge in [0.2, 0.25) is 0 Å². The number of tetrazole rings is 1. The van der Waals surface area contributed by atoms with Gasteiger partial charge in [-0.2, -0.15) is 0 Å². The van der Waals surface area contributed by atoms with E-state index in [0.29, 0.717) is 5.92 Å². The minimum atomic E-state index is -0.0593. The number of aryl methyl sites for hydroxylation is 1. The Hall–Kier alpha value is -2.54. The quantitative estimate of drug-likeness (QED) is 0.796. The number of aromatic nitrogens is 4. The number of anilines is 1. The summed E-state index contributed by atoms with van der Waals surface area (Å²) in [6, 6.07) is 9.52. The van der Waals surface area contributed by atoms with Crippen LogP contribution in [0.15, 0.2) is 36.7 Å². The topological polar surface area (TPSA) is 72.7 Å². The van der Waals surface area contributed by atoms with Crippen molar-refractivity contribution in [2.24, 2.45) is 5.92 Å². The summed E-state index contributed by atoms with van der Waals surface area (Å²) < 4.78 is 1.56. The Morgan fingerprint density at radius 2 is 2.29 bits per heavy atom. The van der Waals surface area contributed by atoms with Gasteiger partial charge in [0, 0.05) is 10.6 Å². The minimum Gasteiger partial charge on any atom is -0.321 e. The van der Waals surface area contributed by atoms with Crippen LogP contribution in [0.2, 0.25) is 0 Å². The second-order valence-corrected chi connectivity index (χ2v) is 7.30. The molecule has 0 bridgehead atoms. The van der Waals surface area contributed by atoms with Crippen molar-refractivity contribution in [1.82, 2.24) is 20.2 Å². The fourth-order valence-electron chi connectivity index (χ4n) is 3.02. The minimum absolute atomic E-state index is 0.0593. The lowest BCUT2D eigenvalue weighted by molar-refractivity contribution is 0.103. The highest BCUT2D eigenvalue weighted by atomic mass is 32.1. The Labute approximate surface area is 143 Å². The molecule has 0 saturated heterocycles. The summed E-state index contributed by atoms with van der Waals surface area (Å²) in [5, 5.41) is 14.1. The molecule has 1 amide bonds. The largest absolute Gasteiger partial charge is 0.321 e. The smallest absolute Gasteiger partial charge is 0.265 e. The lowest BCUT2D eigenvalue weighted by atomic mass is 9.90. The first kappa shape index (κ1) is 15.0. The van der Waals surface area contributed by atoms with Gasteiger partial charge in [0.05, 0.1) is 10.6 Å². The van der Waals surface area contributed by atoms with E-state index in [-0.39, 0.29) is 5.91 Å². The molecule has 0 fully saturated rings. The number of hydrogen-bond acceptors (Lipinski definition) is 5. The van der Waals surface area contributed by atoms with Crippen molar-refractivity contribution in [3.05, 3.63) is 52.0 Å². The van der Waals surface area contributed by atoms with E-state index in [1.165, 1.54) is 23.2 Å². The second kappa shape index (κ2) is 6.16. The highest BCUT2D eigenvalue weighted by Crippen LogP contribution is 2.32. The van der Waals surface area contributed by atoms with Crippen LogP contribution in [-0.4, -0.2) is 26.1 Å². The van der Waals surface area contributed by atoms with Crippen LogP contribution in [0, 0.1) is 5.92 Å². The Bertz CT molecular complexity index is 871. The Balaban J connectivity index is 1.53. The van der Waals surface area contributed by atoms with E-state index in [2.05, 4.69) is 33.8 Å². The van der Waals surface area contributed by atoms with Crippen LogP contribution in [0.4, 0.5) is 5.69 Å². The van der Waals surface area contributed by atoms with Crippen LogP contribution in [0.1, 0.15) is 33.5 Å². The predicted octanol–water partition coefficient (Wildman–Crippen LogP) is 3.10. The van der Waals surface area contributed by atoms with Gasteiger partial charge < -0.3 is 5.32 Å². The molecule has 0 spiro atoms. The maximum Gasteiger partial charge on any atom is 0.265 e. The molecule has 4 rings (SSSR count). The number of nitrogens with zero attached hydrogens (tertiary/aromatic N) is 4. The van der Waals surface area contributed by atoms with Crippen LogP contribution in [0.5, 0.6) is 0 Å². The van der Waals surface area contributed by atoms with Crippen molar-refractivity contribution in [3.8, 4) is 5.69 Å². The normalized spacial score (nSPS) is 16.6. The molecule has 0 saturated carbocycles. The molecule has 24 heavy (non-hydrogen) atoms. The van der Waals surface area contributed by atoms with Gasteiger partial charge in [0.15, 0.2) is 0 Å². The zero-order chi connectivity index (χ0) is 16.5. The summed E-state index contributed by atoms with van der Waals surface area (Å²) in [5.41, 5.74) is 2.87. The van der Waals surface area contributed by atoms with E-state index < -0.39 is 0 Å². The van der Waals surface area contributed by atoms with Gasteiger partial charge in [-0.3, -0.25) is 4.79 Å². The van der Waals surface area contributed by atoms with Gasteiger partial charge in [-0.25, -0.2) is 4.68 Å². The molecule has 2 heterocycles. The number of fused-ring (bicyclic) bond motifs is 1. The monoisotopic (exact) mass is 339 g/mol. The first-order chi connectivity index (χ1) is 11.7. The molecule has 1 aromatic carbocycles. The molecule has 6 nitrogen and oxygen atoms in total.